The molecule has 0 aliphatic carbocycles. The highest BCUT2D eigenvalue weighted by Crippen LogP contribution is 2.19. The smallest absolute Gasteiger partial charge is 0.309 e. The second-order valence-corrected chi connectivity index (χ2v) is 6.16. The highest BCUT2D eigenvalue weighted by atomic mass is 16.5. The Labute approximate surface area is 121 Å². The van der Waals surface area contributed by atoms with Crippen molar-refractivity contribution in [1.29, 1.82) is 0 Å². The van der Waals surface area contributed by atoms with Crippen molar-refractivity contribution in [2.24, 2.45) is 11.8 Å². The van der Waals surface area contributed by atoms with Gasteiger partial charge in [-0.2, -0.15) is 0 Å². The van der Waals surface area contributed by atoms with Gasteiger partial charge in [-0.05, 0) is 38.1 Å². The Morgan fingerprint density at radius 2 is 1.85 bits per heavy atom. The number of likely N-dealkylation sites (tertiary alicyclic amines) is 2. The number of hydrogen-bond acceptors (Lipinski definition) is 4. The van der Waals surface area contributed by atoms with Crippen LogP contribution in [0.1, 0.15) is 32.6 Å². The summed E-state index contributed by atoms with van der Waals surface area (Å²) in [5, 5.41) is 0. The van der Waals surface area contributed by atoms with Gasteiger partial charge in [-0.1, -0.05) is 6.92 Å². The summed E-state index contributed by atoms with van der Waals surface area (Å²) in [5.74, 6) is 0.733. The van der Waals surface area contributed by atoms with Crippen LogP contribution in [-0.2, 0) is 14.3 Å². The third-order valence-corrected chi connectivity index (χ3v) is 4.54. The van der Waals surface area contributed by atoms with Crippen molar-refractivity contribution in [1.82, 2.24) is 9.80 Å². The van der Waals surface area contributed by atoms with Gasteiger partial charge in [-0.25, -0.2) is 0 Å². The second-order valence-electron chi connectivity index (χ2n) is 6.16. The maximum atomic E-state index is 12.3. The lowest BCUT2D eigenvalue weighted by molar-refractivity contribution is -0.148. The predicted octanol–water partition coefficient (Wildman–Crippen LogP) is 1.13. The van der Waals surface area contributed by atoms with E-state index in [1.165, 1.54) is 7.11 Å². The number of hydrogen-bond donors (Lipinski definition) is 0. The fourth-order valence-corrected chi connectivity index (χ4v) is 3.11. The van der Waals surface area contributed by atoms with E-state index >= 15 is 0 Å². The summed E-state index contributed by atoms with van der Waals surface area (Å²) in [6.07, 6.45) is 4.05. The van der Waals surface area contributed by atoms with Crippen LogP contribution in [0.5, 0.6) is 0 Å². The molecule has 0 spiro atoms. The standard InChI is InChI=1S/C15H26N2O3/c1-12-5-8-17(9-6-12)14(18)11-16-7-3-4-13(10-16)15(19)20-2/h12-13H,3-11H2,1-2H3. The van der Waals surface area contributed by atoms with Crippen LogP contribution < -0.4 is 0 Å². The highest BCUT2D eigenvalue weighted by Gasteiger charge is 2.29. The Balaban J connectivity index is 1.80. The normalized spacial score (nSPS) is 25.5. The number of amides is 1. The first-order valence-corrected chi connectivity index (χ1v) is 7.68. The van der Waals surface area contributed by atoms with Crippen LogP contribution in [-0.4, -0.2) is 61.5 Å². The summed E-state index contributed by atoms with van der Waals surface area (Å²) in [5.41, 5.74) is 0. The van der Waals surface area contributed by atoms with E-state index in [1.807, 2.05) is 4.90 Å². The van der Waals surface area contributed by atoms with Gasteiger partial charge in [0, 0.05) is 19.6 Å². The van der Waals surface area contributed by atoms with Crippen molar-refractivity contribution in [3.8, 4) is 0 Å². The number of esters is 1. The molecule has 2 rings (SSSR count). The molecule has 0 N–H and O–H groups in total. The highest BCUT2D eigenvalue weighted by molar-refractivity contribution is 5.78. The first kappa shape index (κ1) is 15.3. The van der Waals surface area contributed by atoms with Gasteiger partial charge >= 0.3 is 5.97 Å². The number of carbonyl (C=O) groups is 2. The molecule has 2 saturated heterocycles. The largest absolute Gasteiger partial charge is 0.469 e. The number of rotatable bonds is 3. The van der Waals surface area contributed by atoms with Crippen LogP contribution in [0.25, 0.3) is 0 Å². The van der Waals surface area contributed by atoms with E-state index in [0.717, 1.165) is 51.2 Å². The minimum absolute atomic E-state index is 0.0667. The first-order chi connectivity index (χ1) is 9.60. The number of carbonyl (C=O) groups excluding carboxylic acids is 2. The number of ether oxygens (including phenoxy) is 1. The second kappa shape index (κ2) is 7.07. The molecule has 2 fully saturated rings. The fourth-order valence-electron chi connectivity index (χ4n) is 3.11. The number of methoxy groups -OCH3 is 1. The minimum atomic E-state index is -0.144. The predicted molar refractivity (Wildman–Crippen MR) is 76.2 cm³/mol. The van der Waals surface area contributed by atoms with Crippen molar-refractivity contribution in [2.75, 3.05) is 39.8 Å². The third kappa shape index (κ3) is 3.95. The van der Waals surface area contributed by atoms with Crippen LogP contribution in [0.15, 0.2) is 0 Å². The lowest BCUT2D eigenvalue weighted by Gasteiger charge is -2.35. The van der Waals surface area contributed by atoms with Crippen molar-refractivity contribution in [3.63, 3.8) is 0 Å². The van der Waals surface area contributed by atoms with E-state index in [-0.39, 0.29) is 17.8 Å². The summed E-state index contributed by atoms with van der Waals surface area (Å²) in [6.45, 7) is 6.02. The average Bonchev–Trinajstić information content (AvgIpc) is 2.47. The van der Waals surface area contributed by atoms with Crippen LogP contribution in [0.3, 0.4) is 0 Å². The summed E-state index contributed by atoms with van der Waals surface area (Å²) in [4.78, 5) is 28.0. The van der Waals surface area contributed by atoms with Gasteiger partial charge in [0.15, 0.2) is 0 Å². The lowest BCUT2D eigenvalue weighted by atomic mass is 9.97. The van der Waals surface area contributed by atoms with Crippen molar-refractivity contribution >= 4 is 11.9 Å². The fraction of sp³-hybridized carbons (Fsp3) is 0.867. The molecule has 2 aliphatic heterocycles. The van der Waals surface area contributed by atoms with Crippen molar-refractivity contribution < 1.29 is 14.3 Å². The maximum Gasteiger partial charge on any atom is 0.309 e. The molecule has 20 heavy (non-hydrogen) atoms. The number of nitrogens with zero attached hydrogens (tertiary/aromatic N) is 2. The Morgan fingerprint density at radius 1 is 1.15 bits per heavy atom. The molecule has 1 atom stereocenters. The van der Waals surface area contributed by atoms with E-state index in [1.54, 1.807) is 0 Å². The van der Waals surface area contributed by atoms with Crippen molar-refractivity contribution in [2.45, 2.75) is 32.6 Å². The zero-order valence-corrected chi connectivity index (χ0v) is 12.6. The van der Waals surface area contributed by atoms with Gasteiger partial charge < -0.3 is 9.64 Å². The molecule has 0 bridgehead atoms. The van der Waals surface area contributed by atoms with Gasteiger partial charge in [0.2, 0.25) is 5.91 Å². The average molecular weight is 282 g/mol. The van der Waals surface area contributed by atoms with Crippen molar-refractivity contribution in [3.05, 3.63) is 0 Å². The minimum Gasteiger partial charge on any atom is -0.469 e. The molecule has 1 amide bonds. The van der Waals surface area contributed by atoms with Crippen LogP contribution in [0.2, 0.25) is 0 Å². The van der Waals surface area contributed by atoms with Gasteiger partial charge in [-0.3, -0.25) is 14.5 Å². The molecule has 2 heterocycles. The Hall–Kier alpha value is -1.10. The summed E-state index contributed by atoms with van der Waals surface area (Å²) < 4.78 is 4.81. The zero-order chi connectivity index (χ0) is 14.5. The van der Waals surface area contributed by atoms with E-state index < -0.39 is 0 Å². The van der Waals surface area contributed by atoms with E-state index in [2.05, 4.69) is 11.8 Å². The van der Waals surface area contributed by atoms with Gasteiger partial charge in [0.25, 0.3) is 0 Å². The van der Waals surface area contributed by atoms with Gasteiger partial charge in [-0.15, -0.1) is 0 Å². The van der Waals surface area contributed by atoms with Gasteiger partial charge in [0.1, 0.15) is 0 Å². The number of piperidine rings is 2. The third-order valence-electron chi connectivity index (χ3n) is 4.54. The molecule has 5 heteroatoms. The summed E-state index contributed by atoms with van der Waals surface area (Å²) in [6, 6.07) is 0. The molecule has 0 aromatic carbocycles. The van der Waals surface area contributed by atoms with E-state index in [9.17, 15) is 9.59 Å². The molecule has 0 aromatic heterocycles. The van der Waals surface area contributed by atoms with E-state index in [0.29, 0.717) is 13.1 Å². The molecule has 0 radical (unpaired) electrons. The molecule has 0 saturated carbocycles. The molecule has 1 unspecified atom stereocenters. The van der Waals surface area contributed by atoms with E-state index in [4.69, 9.17) is 4.74 Å². The first-order valence-electron chi connectivity index (χ1n) is 7.68. The maximum absolute atomic E-state index is 12.3. The molecular formula is C15H26N2O3. The zero-order valence-electron chi connectivity index (χ0n) is 12.6. The molecule has 0 aromatic rings. The van der Waals surface area contributed by atoms with Crippen LogP contribution in [0, 0.1) is 11.8 Å². The summed E-state index contributed by atoms with van der Waals surface area (Å²) >= 11 is 0. The topological polar surface area (TPSA) is 49.9 Å². The van der Waals surface area contributed by atoms with Crippen LogP contribution in [0.4, 0.5) is 0 Å². The Bertz CT molecular complexity index is 351. The Kier molecular flexibility index (Phi) is 5.40. The molecular weight excluding hydrogens is 256 g/mol. The molecule has 5 nitrogen and oxygen atoms in total. The monoisotopic (exact) mass is 282 g/mol. The van der Waals surface area contributed by atoms with Gasteiger partial charge in [0.05, 0.1) is 19.6 Å². The summed E-state index contributed by atoms with van der Waals surface area (Å²) in [7, 11) is 1.43. The molecule has 114 valence electrons. The molecule has 2 aliphatic rings. The SMILES string of the molecule is COC(=O)C1CCCN(CC(=O)N2CCC(C)CC2)C1. The Morgan fingerprint density at radius 3 is 2.50 bits per heavy atom. The quantitative estimate of drug-likeness (QED) is 0.728. The lowest BCUT2D eigenvalue weighted by Crippen LogP contribution is -2.47. The van der Waals surface area contributed by atoms with Crippen LogP contribution >= 0.6 is 0 Å².